The maximum absolute atomic E-state index is 13.9. The number of ether oxygens (including phenoxy) is 2. The van der Waals surface area contributed by atoms with Crippen molar-refractivity contribution in [2.24, 2.45) is 11.8 Å². The van der Waals surface area contributed by atoms with Gasteiger partial charge in [-0.05, 0) is 41.8 Å². The molecule has 6 heteroatoms. The average molecular weight is 368 g/mol. The van der Waals surface area contributed by atoms with Crippen molar-refractivity contribution in [3.05, 3.63) is 59.4 Å². The molecule has 27 heavy (non-hydrogen) atoms. The van der Waals surface area contributed by atoms with E-state index in [0.29, 0.717) is 48.7 Å². The quantitative estimate of drug-likeness (QED) is 0.885. The SMILES string of the molecule is O=C(c1ccc2c(c1)OCCO2)N1C[C@@H]2CNC[C@@H]2[C@H]1c1cccc(F)c1. The molecule has 0 unspecified atom stereocenters. The van der Waals surface area contributed by atoms with Crippen LogP contribution in [0.1, 0.15) is 22.0 Å². The monoisotopic (exact) mass is 368 g/mol. The number of benzene rings is 2. The van der Waals surface area contributed by atoms with Crippen molar-refractivity contribution >= 4 is 5.91 Å². The highest BCUT2D eigenvalue weighted by atomic mass is 19.1. The van der Waals surface area contributed by atoms with Crippen LogP contribution in [0.5, 0.6) is 11.5 Å². The number of hydrogen-bond donors (Lipinski definition) is 1. The highest BCUT2D eigenvalue weighted by molar-refractivity contribution is 5.95. The lowest BCUT2D eigenvalue weighted by Gasteiger charge is -2.29. The molecule has 3 atom stereocenters. The third-order valence-electron chi connectivity index (χ3n) is 5.80. The lowest BCUT2D eigenvalue weighted by atomic mass is 9.89. The maximum Gasteiger partial charge on any atom is 0.254 e. The second kappa shape index (κ2) is 6.53. The second-order valence-corrected chi connectivity index (χ2v) is 7.40. The highest BCUT2D eigenvalue weighted by Crippen LogP contribution is 2.43. The molecule has 0 aromatic heterocycles. The Kier molecular flexibility index (Phi) is 4.01. The largest absolute Gasteiger partial charge is 0.486 e. The molecule has 0 saturated carbocycles. The molecule has 2 fully saturated rings. The summed E-state index contributed by atoms with van der Waals surface area (Å²) < 4.78 is 25.0. The number of rotatable bonds is 2. The Bertz CT molecular complexity index is 887. The van der Waals surface area contributed by atoms with Crippen LogP contribution in [0.2, 0.25) is 0 Å². The Morgan fingerprint density at radius 3 is 2.78 bits per heavy atom. The molecule has 1 amide bonds. The van der Waals surface area contributed by atoms with Gasteiger partial charge in [-0.2, -0.15) is 0 Å². The summed E-state index contributed by atoms with van der Waals surface area (Å²) >= 11 is 0. The van der Waals surface area contributed by atoms with E-state index in [2.05, 4.69) is 5.32 Å². The van der Waals surface area contributed by atoms with Crippen LogP contribution in [-0.2, 0) is 0 Å². The van der Waals surface area contributed by atoms with Crippen molar-refractivity contribution in [1.29, 1.82) is 0 Å². The van der Waals surface area contributed by atoms with E-state index in [0.717, 1.165) is 18.7 Å². The van der Waals surface area contributed by atoms with Crippen LogP contribution < -0.4 is 14.8 Å². The summed E-state index contributed by atoms with van der Waals surface area (Å²) in [7, 11) is 0. The molecule has 3 aliphatic heterocycles. The molecule has 2 aromatic carbocycles. The second-order valence-electron chi connectivity index (χ2n) is 7.40. The minimum atomic E-state index is -0.270. The standard InChI is InChI=1S/C21H21FN2O3/c22-16-3-1-2-13(8-16)20-17-11-23-10-15(17)12-24(20)21(25)14-4-5-18-19(9-14)27-7-6-26-18/h1-5,8-9,15,17,20,23H,6-7,10-12H2/t15-,17-,20+/m0/s1. The maximum atomic E-state index is 13.9. The van der Waals surface area contributed by atoms with Gasteiger partial charge in [0.05, 0.1) is 6.04 Å². The van der Waals surface area contributed by atoms with Gasteiger partial charge in [-0.3, -0.25) is 4.79 Å². The minimum absolute atomic E-state index is 0.0457. The number of nitrogens with zero attached hydrogens (tertiary/aromatic N) is 1. The first-order valence-corrected chi connectivity index (χ1v) is 9.37. The Labute approximate surface area is 157 Å². The predicted molar refractivity (Wildman–Crippen MR) is 97.5 cm³/mol. The van der Waals surface area contributed by atoms with Crippen LogP contribution in [0.4, 0.5) is 4.39 Å². The number of amides is 1. The van der Waals surface area contributed by atoms with E-state index in [1.165, 1.54) is 6.07 Å². The first kappa shape index (κ1) is 16.6. The zero-order chi connectivity index (χ0) is 18.4. The lowest BCUT2D eigenvalue weighted by molar-refractivity contribution is 0.0712. The molecule has 3 heterocycles. The van der Waals surface area contributed by atoms with E-state index in [9.17, 15) is 9.18 Å². The zero-order valence-corrected chi connectivity index (χ0v) is 14.9. The van der Waals surface area contributed by atoms with Crippen molar-refractivity contribution < 1.29 is 18.7 Å². The first-order chi connectivity index (χ1) is 13.2. The van der Waals surface area contributed by atoms with Gasteiger partial charge in [-0.25, -0.2) is 4.39 Å². The van der Waals surface area contributed by atoms with E-state index < -0.39 is 0 Å². The number of nitrogens with one attached hydrogen (secondary N) is 1. The summed E-state index contributed by atoms with van der Waals surface area (Å²) in [5.74, 6) is 1.65. The fourth-order valence-corrected chi connectivity index (χ4v) is 4.59. The van der Waals surface area contributed by atoms with E-state index in [1.54, 1.807) is 30.3 Å². The fourth-order valence-electron chi connectivity index (χ4n) is 4.59. The summed E-state index contributed by atoms with van der Waals surface area (Å²) in [6.45, 7) is 3.41. The molecule has 5 nitrogen and oxygen atoms in total. The number of hydrogen-bond acceptors (Lipinski definition) is 4. The number of likely N-dealkylation sites (tertiary alicyclic amines) is 1. The first-order valence-electron chi connectivity index (χ1n) is 9.37. The highest BCUT2D eigenvalue weighted by Gasteiger charge is 2.47. The van der Waals surface area contributed by atoms with Crippen LogP contribution in [0.15, 0.2) is 42.5 Å². The molecule has 0 spiro atoms. The van der Waals surface area contributed by atoms with Crippen molar-refractivity contribution in [1.82, 2.24) is 10.2 Å². The smallest absolute Gasteiger partial charge is 0.254 e. The van der Waals surface area contributed by atoms with Crippen molar-refractivity contribution in [2.75, 3.05) is 32.8 Å². The van der Waals surface area contributed by atoms with Crippen LogP contribution in [0, 0.1) is 17.7 Å². The number of carbonyl (C=O) groups excluding carboxylic acids is 1. The van der Waals surface area contributed by atoms with Crippen molar-refractivity contribution in [3.8, 4) is 11.5 Å². The molecular formula is C21H21FN2O3. The van der Waals surface area contributed by atoms with Crippen molar-refractivity contribution in [3.63, 3.8) is 0 Å². The molecule has 2 saturated heterocycles. The molecule has 140 valence electrons. The van der Waals surface area contributed by atoms with Gasteiger partial charge in [-0.15, -0.1) is 0 Å². The van der Waals surface area contributed by atoms with Crippen LogP contribution in [0.25, 0.3) is 0 Å². The normalized spacial score (nSPS) is 26.1. The van der Waals surface area contributed by atoms with Crippen molar-refractivity contribution in [2.45, 2.75) is 6.04 Å². The molecule has 0 radical (unpaired) electrons. The van der Waals surface area contributed by atoms with E-state index in [1.807, 2.05) is 11.0 Å². The molecule has 5 rings (SSSR count). The van der Waals surface area contributed by atoms with Gasteiger partial charge < -0.3 is 19.7 Å². The van der Waals surface area contributed by atoms with E-state index >= 15 is 0 Å². The van der Waals surface area contributed by atoms with E-state index in [4.69, 9.17) is 9.47 Å². The molecular weight excluding hydrogens is 347 g/mol. The summed E-state index contributed by atoms with van der Waals surface area (Å²) in [4.78, 5) is 15.2. The summed E-state index contributed by atoms with van der Waals surface area (Å²) in [5, 5.41) is 3.41. The summed E-state index contributed by atoms with van der Waals surface area (Å²) in [6, 6.07) is 11.8. The molecule has 0 aliphatic carbocycles. The molecule has 3 aliphatic rings. The third-order valence-corrected chi connectivity index (χ3v) is 5.80. The average Bonchev–Trinajstić information content (AvgIpc) is 3.28. The molecule has 1 N–H and O–H groups in total. The Balaban J connectivity index is 1.49. The van der Waals surface area contributed by atoms with Gasteiger partial charge in [0.1, 0.15) is 19.0 Å². The lowest BCUT2D eigenvalue weighted by Crippen LogP contribution is -2.34. The fraction of sp³-hybridized carbons (Fsp3) is 0.381. The third kappa shape index (κ3) is 2.84. The Morgan fingerprint density at radius 1 is 1.07 bits per heavy atom. The van der Waals surface area contributed by atoms with E-state index in [-0.39, 0.29) is 17.8 Å². The Hall–Kier alpha value is -2.60. The van der Waals surface area contributed by atoms with Gasteiger partial charge in [-0.1, -0.05) is 12.1 Å². The van der Waals surface area contributed by atoms with Gasteiger partial charge >= 0.3 is 0 Å². The Morgan fingerprint density at radius 2 is 1.93 bits per heavy atom. The van der Waals surface area contributed by atoms with Gasteiger partial charge in [0.25, 0.3) is 5.91 Å². The minimum Gasteiger partial charge on any atom is -0.486 e. The molecule has 2 aromatic rings. The van der Waals surface area contributed by atoms with Crippen LogP contribution in [0.3, 0.4) is 0 Å². The van der Waals surface area contributed by atoms with Gasteiger partial charge in [0.2, 0.25) is 0 Å². The van der Waals surface area contributed by atoms with Gasteiger partial charge in [0, 0.05) is 31.1 Å². The molecule has 0 bridgehead atoms. The summed E-state index contributed by atoms with van der Waals surface area (Å²) in [6.07, 6.45) is 0. The number of halogens is 1. The topological polar surface area (TPSA) is 50.8 Å². The van der Waals surface area contributed by atoms with Gasteiger partial charge in [0.15, 0.2) is 11.5 Å². The number of fused-ring (bicyclic) bond motifs is 2. The summed E-state index contributed by atoms with van der Waals surface area (Å²) in [5.41, 5.74) is 1.44. The zero-order valence-electron chi connectivity index (χ0n) is 14.9. The predicted octanol–water partition coefficient (Wildman–Crippen LogP) is 2.63. The number of carbonyl (C=O) groups is 1. The van der Waals surface area contributed by atoms with Crippen LogP contribution >= 0.6 is 0 Å². The van der Waals surface area contributed by atoms with Crippen LogP contribution in [-0.4, -0.2) is 43.7 Å².